The number of aliphatic hydroxyl groups excluding tert-OH is 1. The van der Waals surface area contributed by atoms with Crippen molar-refractivity contribution >= 4 is 17.8 Å². The van der Waals surface area contributed by atoms with Crippen LogP contribution in [-0.2, 0) is 14.3 Å². The molecule has 1 unspecified atom stereocenters. The molecular formula is C20H19NO5. The van der Waals surface area contributed by atoms with E-state index in [0.717, 1.165) is 5.56 Å². The fourth-order valence-corrected chi connectivity index (χ4v) is 2.94. The molecule has 0 radical (unpaired) electrons. The van der Waals surface area contributed by atoms with Gasteiger partial charge in [0.2, 0.25) is 0 Å². The molecule has 3 rings (SSSR count). The van der Waals surface area contributed by atoms with Crippen LogP contribution in [0.25, 0.3) is 6.08 Å². The molecule has 1 aliphatic heterocycles. The molecule has 0 spiro atoms. The summed E-state index contributed by atoms with van der Waals surface area (Å²) in [6, 6.07) is 11.9. The van der Waals surface area contributed by atoms with Crippen molar-refractivity contribution in [1.82, 2.24) is 4.90 Å². The van der Waals surface area contributed by atoms with E-state index in [9.17, 15) is 14.7 Å². The van der Waals surface area contributed by atoms with Crippen LogP contribution in [0, 0.1) is 0 Å². The van der Waals surface area contributed by atoms with Crippen molar-refractivity contribution in [3.05, 3.63) is 77.5 Å². The molecule has 1 amide bonds. The summed E-state index contributed by atoms with van der Waals surface area (Å²) in [6.45, 7) is 0.559. The fourth-order valence-electron chi connectivity index (χ4n) is 2.94. The predicted octanol–water partition coefficient (Wildman–Crippen LogP) is 2.90. The number of allylic oxidation sites excluding steroid dienone is 1. The molecule has 1 aromatic carbocycles. The van der Waals surface area contributed by atoms with Gasteiger partial charge in [-0.25, -0.2) is 0 Å². The highest BCUT2D eigenvalue weighted by atomic mass is 16.5. The van der Waals surface area contributed by atoms with Crippen LogP contribution in [0.15, 0.2) is 70.6 Å². The lowest BCUT2D eigenvalue weighted by Crippen LogP contribution is -2.33. The summed E-state index contributed by atoms with van der Waals surface area (Å²) in [5.41, 5.74) is 0.802. The van der Waals surface area contributed by atoms with Crippen LogP contribution in [-0.4, -0.2) is 42.0 Å². The number of amides is 1. The average Bonchev–Trinajstić information content (AvgIpc) is 3.26. The summed E-state index contributed by atoms with van der Waals surface area (Å²) < 4.78 is 10.2. The lowest BCUT2D eigenvalue weighted by atomic mass is 9.96. The molecule has 1 N–H and O–H groups in total. The van der Waals surface area contributed by atoms with E-state index < -0.39 is 23.5 Å². The van der Waals surface area contributed by atoms with Gasteiger partial charge in [-0.3, -0.25) is 9.59 Å². The van der Waals surface area contributed by atoms with Crippen LogP contribution >= 0.6 is 0 Å². The third-order valence-electron chi connectivity index (χ3n) is 4.16. The van der Waals surface area contributed by atoms with E-state index >= 15 is 0 Å². The molecule has 1 atom stereocenters. The molecule has 6 nitrogen and oxygen atoms in total. The molecule has 0 aliphatic carbocycles. The van der Waals surface area contributed by atoms with E-state index in [-0.39, 0.29) is 12.1 Å². The molecular weight excluding hydrogens is 334 g/mol. The van der Waals surface area contributed by atoms with Crippen LogP contribution in [0.1, 0.15) is 17.4 Å². The third kappa shape index (κ3) is 3.45. The number of benzene rings is 1. The zero-order chi connectivity index (χ0) is 18.5. The Kier molecular flexibility index (Phi) is 5.34. The summed E-state index contributed by atoms with van der Waals surface area (Å²) in [7, 11) is 1.53. The first-order valence-electron chi connectivity index (χ1n) is 8.17. The van der Waals surface area contributed by atoms with E-state index in [1.807, 2.05) is 30.3 Å². The summed E-state index contributed by atoms with van der Waals surface area (Å²) >= 11 is 0. The lowest BCUT2D eigenvalue weighted by Gasteiger charge is -2.26. The standard InChI is InChI=1S/C20H19NO5/c1-25-13-11-21-18(14-6-3-2-4-7-14)17(19(23)20(21)24)16(22)10-9-15-8-5-12-26-15/h2-10,12,18,23H,11,13H2,1H3/b10-9+. The zero-order valence-electron chi connectivity index (χ0n) is 14.3. The van der Waals surface area contributed by atoms with E-state index in [1.54, 1.807) is 12.1 Å². The van der Waals surface area contributed by atoms with E-state index in [4.69, 9.17) is 9.15 Å². The second-order valence-corrected chi connectivity index (χ2v) is 5.78. The molecule has 6 heteroatoms. The first-order chi connectivity index (χ1) is 12.6. The quantitative estimate of drug-likeness (QED) is 0.774. The van der Waals surface area contributed by atoms with Crippen molar-refractivity contribution in [2.75, 3.05) is 20.3 Å². The monoisotopic (exact) mass is 353 g/mol. The minimum Gasteiger partial charge on any atom is -0.503 e. The molecule has 0 saturated carbocycles. The normalized spacial score (nSPS) is 17.5. The van der Waals surface area contributed by atoms with Gasteiger partial charge in [0, 0.05) is 13.7 Å². The molecule has 1 aliphatic rings. The first kappa shape index (κ1) is 17.7. The van der Waals surface area contributed by atoms with Crippen LogP contribution in [0.4, 0.5) is 0 Å². The summed E-state index contributed by atoms with van der Waals surface area (Å²) in [5.74, 6) is -1.04. The summed E-state index contributed by atoms with van der Waals surface area (Å²) in [5, 5.41) is 10.4. The van der Waals surface area contributed by atoms with E-state index in [1.165, 1.54) is 30.4 Å². The number of nitrogens with zero attached hydrogens (tertiary/aromatic N) is 1. The number of hydrogen-bond donors (Lipinski definition) is 1. The third-order valence-corrected chi connectivity index (χ3v) is 4.16. The van der Waals surface area contributed by atoms with Gasteiger partial charge in [0.05, 0.1) is 24.5 Å². The Morgan fingerprint density at radius 2 is 2.04 bits per heavy atom. The van der Waals surface area contributed by atoms with E-state index in [0.29, 0.717) is 12.4 Å². The number of ketones is 1. The predicted molar refractivity (Wildman–Crippen MR) is 95.2 cm³/mol. The smallest absolute Gasteiger partial charge is 0.290 e. The van der Waals surface area contributed by atoms with Gasteiger partial charge in [-0.1, -0.05) is 30.3 Å². The summed E-state index contributed by atoms with van der Waals surface area (Å²) in [6.07, 6.45) is 4.31. The maximum Gasteiger partial charge on any atom is 0.290 e. The maximum atomic E-state index is 12.7. The number of hydrogen-bond acceptors (Lipinski definition) is 5. The number of carbonyl (C=O) groups excluding carboxylic acids is 2. The first-order valence-corrected chi connectivity index (χ1v) is 8.17. The highest BCUT2D eigenvalue weighted by molar-refractivity contribution is 6.14. The molecule has 134 valence electrons. The fraction of sp³-hybridized carbons (Fsp3) is 0.200. The largest absolute Gasteiger partial charge is 0.503 e. The van der Waals surface area contributed by atoms with Crippen molar-refractivity contribution in [3.8, 4) is 0 Å². The Morgan fingerprint density at radius 1 is 1.27 bits per heavy atom. The van der Waals surface area contributed by atoms with Crippen molar-refractivity contribution in [1.29, 1.82) is 0 Å². The van der Waals surface area contributed by atoms with Gasteiger partial charge < -0.3 is 19.2 Å². The molecule has 0 saturated heterocycles. The van der Waals surface area contributed by atoms with Gasteiger partial charge in [0.15, 0.2) is 11.5 Å². The van der Waals surface area contributed by atoms with Crippen molar-refractivity contribution in [2.45, 2.75) is 6.04 Å². The lowest BCUT2D eigenvalue weighted by molar-refractivity contribution is -0.130. The molecule has 2 heterocycles. The number of methoxy groups -OCH3 is 1. The van der Waals surface area contributed by atoms with Gasteiger partial charge in [-0.2, -0.15) is 0 Å². The SMILES string of the molecule is COCCN1C(=O)C(O)=C(C(=O)/C=C/c2ccco2)C1c1ccccc1. The Bertz CT molecular complexity index is 836. The van der Waals surface area contributed by atoms with Gasteiger partial charge >= 0.3 is 0 Å². The average molecular weight is 353 g/mol. The van der Waals surface area contributed by atoms with E-state index in [2.05, 4.69) is 0 Å². The van der Waals surface area contributed by atoms with Gasteiger partial charge in [0.1, 0.15) is 5.76 Å². The molecule has 2 aromatic rings. The molecule has 26 heavy (non-hydrogen) atoms. The maximum absolute atomic E-state index is 12.7. The van der Waals surface area contributed by atoms with Crippen molar-refractivity contribution in [2.24, 2.45) is 0 Å². The molecule has 0 fully saturated rings. The Labute approximate surface area is 151 Å². The Morgan fingerprint density at radius 3 is 2.69 bits per heavy atom. The van der Waals surface area contributed by atoms with Crippen molar-refractivity contribution < 1.29 is 23.8 Å². The zero-order valence-corrected chi connectivity index (χ0v) is 14.3. The highest BCUT2D eigenvalue weighted by Gasteiger charge is 2.42. The Balaban J connectivity index is 1.96. The van der Waals surface area contributed by atoms with Gasteiger partial charge in [0.25, 0.3) is 5.91 Å². The number of ether oxygens (including phenoxy) is 1. The topological polar surface area (TPSA) is 80.0 Å². The minimum atomic E-state index is -0.660. The minimum absolute atomic E-state index is 0.0557. The highest BCUT2D eigenvalue weighted by Crippen LogP contribution is 2.37. The number of rotatable bonds is 7. The van der Waals surface area contributed by atoms with Crippen LogP contribution in [0.5, 0.6) is 0 Å². The number of furan rings is 1. The Hall–Kier alpha value is -3.12. The van der Waals surface area contributed by atoms with Crippen LogP contribution in [0.3, 0.4) is 0 Å². The van der Waals surface area contributed by atoms with Crippen molar-refractivity contribution in [3.63, 3.8) is 0 Å². The second kappa shape index (κ2) is 7.84. The number of carbonyl (C=O) groups is 2. The van der Waals surface area contributed by atoms with Crippen LogP contribution in [0.2, 0.25) is 0 Å². The summed E-state index contributed by atoms with van der Waals surface area (Å²) in [4.78, 5) is 26.7. The van der Waals surface area contributed by atoms with Crippen LogP contribution < -0.4 is 0 Å². The van der Waals surface area contributed by atoms with Gasteiger partial charge in [-0.15, -0.1) is 0 Å². The van der Waals surface area contributed by atoms with Gasteiger partial charge in [-0.05, 0) is 29.8 Å². The second-order valence-electron chi connectivity index (χ2n) is 5.78. The number of aliphatic hydroxyl groups is 1. The molecule has 0 bridgehead atoms. The molecule has 1 aromatic heterocycles.